The van der Waals surface area contributed by atoms with Crippen molar-refractivity contribution in [3.8, 4) is 0 Å². The number of aliphatic hydroxyl groups is 1. The van der Waals surface area contributed by atoms with E-state index in [4.69, 9.17) is 0 Å². The molecule has 2 fully saturated rings. The Morgan fingerprint density at radius 2 is 2.12 bits per heavy atom. The van der Waals surface area contributed by atoms with Crippen molar-refractivity contribution < 1.29 is 9.90 Å². The fraction of sp³-hybridized carbons (Fsp3) is 0.923. The van der Waals surface area contributed by atoms with Crippen molar-refractivity contribution in [2.24, 2.45) is 0 Å². The molecule has 0 radical (unpaired) electrons. The molecule has 2 saturated heterocycles. The van der Waals surface area contributed by atoms with Crippen LogP contribution in [0.1, 0.15) is 39.0 Å². The summed E-state index contributed by atoms with van der Waals surface area (Å²) in [6.45, 7) is 5.62. The van der Waals surface area contributed by atoms with Gasteiger partial charge < -0.3 is 10.0 Å². The zero-order valence-corrected chi connectivity index (χ0v) is 10.8. The summed E-state index contributed by atoms with van der Waals surface area (Å²) < 4.78 is 0. The van der Waals surface area contributed by atoms with Gasteiger partial charge in [-0.25, -0.2) is 0 Å². The number of carbonyl (C=O) groups excluding carboxylic acids is 1. The first kappa shape index (κ1) is 12.8. The van der Waals surface area contributed by atoms with Crippen LogP contribution in [0.4, 0.5) is 0 Å². The van der Waals surface area contributed by atoms with Crippen LogP contribution in [0, 0.1) is 0 Å². The number of piperidine rings is 1. The average Bonchev–Trinajstić information content (AvgIpc) is 2.72. The summed E-state index contributed by atoms with van der Waals surface area (Å²) in [5, 5.41) is 9.77. The maximum atomic E-state index is 11.5. The smallest absolute Gasteiger partial charge is 0.222 e. The molecule has 2 aliphatic rings. The van der Waals surface area contributed by atoms with Crippen LogP contribution in [0.15, 0.2) is 0 Å². The number of amides is 1. The number of aliphatic hydroxyl groups excluding tert-OH is 1. The van der Waals surface area contributed by atoms with Crippen LogP contribution < -0.4 is 0 Å². The lowest BCUT2D eigenvalue weighted by molar-refractivity contribution is -0.128. The highest BCUT2D eigenvalue weighted by molar-refractivity contribution is 5.78. The van der Waals surface area contributed by atoms with Crippen molar-refractivity contribution in [2.75, 3.05) is 26.2 Å². The third kappa shape index (κ3) is 3.19. The van der Waals surface area contributed by atoms with Gasteiger partial charge in [0, 0.05) is 32.1 Å². The predicted molar refractivity (Wildman–Crippen MR) is 66.7 cm³/mol. The molecule has 0 aromatic rings. The Balaban J connectivity index is 1.81. The molecule has 17 heavy (non-hydrogen) atoms. The van der Waals surface area contributed by atoms with Crippen molar-refractivity contribution >= 4 is 5.91 Å². The maximum absolute atomic E-state index is 11.5. The first-order valence-corrected chi connectivity index (χ1v) is 6.88. The fourth-order valence-corrected chi connectivity index (χ4v) is 3.03. The summed E-state index contributed by atoms with van der Waals surface area (Å²) >= 11 is 0. The van der Waals surface area contributed by atoms with Gasteiger partial charge >= 0.3 is 0 Å². The van der Waals surface area contributed by atoms with Gasteiger partial charge in [0.1, 0.15) is 0 Å². The maximum Gasteiger partial charge on any atom is 0.222 e. The highest BCUT2D eigenvalue weighted by atomic mass is 16.3. The molecule has 4 nitrogen and oxygen atoms in total. The van der Waals surface area contributed by atoms with E-state index < -0.39 is 0 Å². The predicted octanol–water partition coefficient (Wildman–Crippen LogP) is 0.844. The average molecular weight is 240 g/mol. The van der Waals surface area contributed by atoms with Gasteiger partial charge in [-0.05, 0) is 32.7 Å². The van der Waals surface area contributed by atoms with Crippen molar-refractivity contribution in [1.29, 1.82) is 0 Å². The van der Waals surface area contributed by atoms with Gasteiger partial charge in [-0.3, -0.25) is 9.69 Å². The molecule has 1 amide bonds. The molecule has 0 aromatic heterocycles. The quantitative estimate of drug-likeness (QED) is 0.792. The molecule has 0 aromatic carbocycles. The summed E-state index contributed by atoms with van der Waals surface area (Å²) in [4.78, 5) is 15.8. The molecule has 98 valence electrons. The Hall–Kier alpha value is -0.610. The molecule has 2 atom stereocenters. The number of hydrogen-bond donors (Lipinski definition) is 1. The minimum atomic E-state index is -0.260. The molecule has 0 bridgehead atoms. The van der Waals surface area contributed by atoms with E-state index in [0.29, 0.717) is 11.9 Å². The number of rotatable bonds is 4. The number of carbonyl (C=O) groups is 1. The molecular formula is C13H24N2O2. The van der Waals surface area contributed by atoms with E-state index in [0.717, 1.165) is 45.4 Å². The van der Waals surface area contributed by atoms with Crippen LogP contribution in [0.2, 0.25) is 0 Å². The lowest BCUT2D eigenvalue weighted by atomic mass is 9.98. The van der Waals surface area contributed by atoms with Crippen LogP contribution >= 0.6 is 0 Å². The standard InChI is InChI=1S/C13H24N2O2/c1-11(16)12-5-2-3-7-14(12)9-10-15-8-4-6-13(15)17/h11-12,16H,2-10H2,1H3. The Kier molecular flexibility index (Phi) is 4.40. The third-order valence-electron chi connectivity index (χ3n) is 4.05. The molecule has 2 rings (SSSR count). The van der Waals surface area contributed by atoms with E-state index in [9.17, 15) is 9.90 Å². The van der Waals surface area contributed by atoms with Gasteiger partial charge in [-0.1, -0.05) is 6.42 Å². The molecule has 0 aliphatic carbocycles. The normalized spacial score (nSPS) is 28.7. The molecule has 2 heterocycles. The Morgan fingerprint density at radius 3 is 2.76 bits per heavy atom. The van der Waals surface area contributed by atoms with Gasteiger partial charge in [0.15, 0.2) is 0 Å². The van der Waals surface area contributed by atoms with Crippen molar-refractivity contribution in [3.05, 3.63) is 0 Å². The lowest BCUT2D eigenvalue weighted by Crippen LogP contribution is -2.48. The van der Waals surface area contributed by atoms with Crippen molar-refractivity contribution in [2.45, 2.75) is 51.2 Å². The molecule has 0 spiro atoms. The van der Waals surface area contributed by atoms with E-state index >= 15 is 0 Å². The monoisotopic (exact) mass is 240 g/mol. The van der Waals surface area contributed by atoms with E-state index in [2.05, 4.69) is 4.90 Å². The van der Waals surface area contributed by atoms with E-state index in [1.165, 1.54) is 12.8 Å². The Bertz CT molecular complexity index is 268. The Morgan fingerprint density at radius 1 is 1.29 bits per heavy atom. The SMILES string of the molecule is CC(O)C1CCCCN1CCN1CCCC1=O. The summed E-state index contributed by atoms with van der Waals surface area (Å²) in [5.41, 5.74) is 0. The number of nitrogens with zero attached hydrogens (tertiary/aromatic N) is 2. The summed E-state index contributed by atoms with van der Waals surface area (Å²) in [6, 6.07) is 0.293. The zero-order valence-electron chi connectivity index (χ0n) is 10.8. The molecule has 0 saturated carbocycles. The molecule has 2 aliphatic heterocycles. The fourth-order valence-electron chi connectivity index (χ4n) is 3.03. The largest absolute Gasteiger partial charge is 0.392 e. The molecular weight excluding hydrogens is 216 g/mol. The van der Waals surface area contributed by atoms with Crippen LogP contribution in [0.5, 0.6) is 0 Å². The Labute approximate surface area is 104 Å². The van der Waals surface area contributed by atoms with Crippen LogP contribution in [-0.4, -0.2) is 59.1 Å². The summed E-state index contributed by atoms with van der Waals surface area (Å²) in [5.74, 6) is 0.301. The van der Waals surface area contributed by atoms with Crippen LogP contribution in [0.3, 0.4) is 0 Å². The molecule has 4 heteroatoms. The lowest BCUT2D eigenvalue weighted by Gasteiger charge is -2.38. The van der Waals surface area contributed by atoms with Gasteiger partial charge in [0.05, 0.1) is 6.10 Å². The third-order valence-corrected chi connectivity index (χ3v) is 4.05. The summed E-state index contributed by atoms with van der Waals surface area (Å²) in [7, 11) is 0. The van der Waals surface area contributed by atoms with Crippen LogP contribution in [0.25, 0.3) is 0 Å². The molecule has 2 unspecified atom stereocenters. The van der Waals surface area contributed by atoms with Crippen LogP contribution in [-0.2, 0) is 4.79 Å². The van der Waals surface area contributed by atoms with Gasteiger partial charge in [-0.2, -0.15) is 0 Å². The van der Waals surface area contributed by atoms with Gasteiger partial charge in [0.2, 0.25) is 5.91 Å². The minimum Gasteiger partial charge on any atom is -0.392 e. The first-order valence-electron chi connectivity index (χ1n) is 6.88. The number of hydrogen-bond acceptors (Lipinski definition) is 3. The first-order chi connectivity index (χ1) is 8.18. The molecule has 1 N–H and O–H groups in total. The highest BCUT2D eigenvalue weighted by Crippen LogP contribution is 2.20. The highest BCUT2D eigenvalue weighted by Gasteiger charge is 2.27. The zero-order chi connectivity index (χ0) is 12.3. The van der Waals surface area contributed by atoms with Crippen molar-refractivity contribution in [1.82, 2.24) is 9.80 Å². The van der Waals surface area contributed by atoms with E-state index in [1.807, 2.05) is 11.8 Å². The summed E-state index contributed by atoms with van der Waals surface area (Å²) in [6.07, 6.45) is 5.00. The van der Waals surface area contributed by atoms with Crippen molar-refractivity contribution in [3.63, 3.8) is 0 Å². The van der Waals surface area contributed by atoms with E-state index in [-0.39, 0.29) is 6.10 Å². The van der Waals surface area contributed by atoms with E-state index in [1.54, 1.807) is 0 Å². The second kappa shape index (κ2) is 5.83. The van der Waals surface area contributed by atoms with Gasteiger partial charge in [0.25, 0.3) is 0 Å². The minimum absolute atomic E-state index is 0.260. The topological polar surface area (TPSA) is 43.8 Å². The number of likely N-dealkylation sites (tertiary alicyclic amines) is 2. The second-order valence-electron chi connectivity index (χ2n) is 5.32. The second-order valence-corrected chi connectivity index (χ2v) is 5.32. The van der Waals surface area contributed by atoms with Gasteiger partial charge in [-0.15, -0.1) is 0 Å².